The Morgan fingerprint density at radius 3 is 1.92 bits per heavy atom. The number of Topliss-reactive ketones (excluding diaryl/α,β-unsaturated/α-hetero) is 1. The molecule has 3 rings (SSSR count). The minimum Gasteiger partial charge on any atom is -0.292 e. The van der Waals surface area contributed by atoms with Gasteiger partial charge in [0.15, 0.2) is 5.78 Å². The summed E-state index contributed by atoms with van der Waals surface area (Å²) in [5.74, 6) is -0.464. The Hall–Kier alpha value is -2.17. The molecule has 0 bridgehead atoms. The minimum atomic E-state index is -0.733. The van der Waals surface area contributed by atoms with Crippen molar-refractivity contribution >= 4 is 34.0 Å². The van der Waals surface area contributed by atoms with Crippen LogP contribution in [0.4, 0.5) is 0 Å². The molecule has 0 N–H and O–H groups in total. The Balaban J connectivity index is 2.12. The molecule has 0 aliphatic rings. The van der Waals surface area contributed by atoms with Crippen LogP contribution in [-0.2, 0) is 4.79 Å². The van der Waals surface area contributed by atoms with Crippen LogP contribution < -0.4 is 0 Å². The van der Waals surface area contributed by atoms with Crippen LogP contribution in [0.2, 0.25) is 0 Å². The van der Waals surface area contributed by atoms with Crippen molar-refractivity contribution in [2.24, 2.45) is 5.92 Å². The summed E-state index contributed by atoms with van der Waals surface area (Å²) in [6, 6.07) is 23.4. The number of ketones is 1. The van der Waals surface area contributed by atoms with Gasteiger partial charge in [-0.15, -0.1) is 11.3 Å². The first kappa shape index (κ1) is 18.6. The molecule has 1 aromatic heterocycles. The summed E-state index contributed by atoms with van der Waals surface area (Å²) < 4.78 is 0. The summed E-state index contributed by atoms with van der Waals surface area (Å²) in [4.78, 5) is 26.9. The van der Waals surface area contributed by atoms with E-state index in [1.54, 1.807) is 6.07 Å². The van der Waals surface area contributed by atoms with Crippen LogP contribution >= 0.6 is 23.1 Å². The SMILES string of the molecule is CCSC(=O)C(C(=O)c1cccs1)C(c1ccccc1)c1ccccc1. The molecule has 132 valence electrons. The van der Waals surface area contributed by atoms with Gasteiger partial charge in [0, 0.05) is 5.92 Å². The average Bonchev–Trinajstić information content (AvgIpc) is 3.22. The second-order valence-electron chi connectivity index (χ2n) is 5.87. The molecule has 0 aliphatic heterocycles. The number of rotatable bonds is 7. The number of hydrogen-bond acceptors (Lipinski definition) is 4. The molecule has 26 heavy (non-hydrogen) atoms. The van der Waals surface area contributed by atoms with Crippen molar-refractivity contribution in [3.63, 3.8) is 0 Å². The zero-order valence-electron chi connectivity index (χ0n) is 14.5. The van der Waals surface area contributed by atoms with Gasteiger partial charge in [-0.1, -0.05) is 85.4 Å². The second kappa shape index (κ2) is 8.97. The Bertz CT molecular complexity index is 803. The molecular formula is C22H20O2S2. The van der Waals surface area contributed by atoms with E-state index in [1.165, 1.54) is 23.1 Å². The van der Waals surface area contributed by atoms with Crippen molar-refractivity contribution in [1.29, 1.82) is 0 Å². The van der Waals surface area contributed by atoms with E-state index in [2.05, 4.69) is 0 Å². The van der Waals surface area contributed by atoms with E-state index < -0.39 is 5.92 Å². The van der Waals surface area contributed by atoms with Gasteiger partial charge in [-0.25, -0.2) is 0 Å². The monoisotopic (exact) mass is 380 g/mol. The number of thioether (sulfide) groups is 1. The molecule has 4 heteroatoms. The Morgan fingerprint density at radius 2 is 1.46 bits per heavy atom. The van der Waals surface area contributed by atoms with Crippen LogP contribution in [0.5, 0.6) is 0 Å². The average molecular weight is 381 g/mol. The number of hydrogen-bond donors (Lipinski definition) is 0. The van der Waals surface area contributed by atoms with Gasteiger partial charge in [0.25, 0.3) is 0 Å². The van der Waals surface area contributed by atoms with E-state index in [1.807, 2.05) is 79.0 Å². The topological polar surface area (TPSA) is 34.1 Å². The lowest BCUT2D eigenvalue weighted by Crippen LogP contribution is -2.29. The molecule has 3 aromatic rings. The fourth-order valence-corrected chi connectivity index (χ4v) is 4.51. The lowest BCUT2D eigenvalue weighted by Gasteiger charge is -2.25. The number of carbonyl (C=O) groups is 2. The fourth-order valence-electron chi connectivity index (χ4n) is 3.10. The number of carbonyl (C=O) groups excluding carboxylic acids is 2. The highest BCUT2D eigenvalue weighted by Gasteiger charge is 2.37. The van der Waals surface area contributed by atoms with Crippen molar-refractivity contribution < 1.29 is 9.59 Å². The lowest BCUT2D eigenvalue weighted by atomic mass is 9.79. The number of thiophene rings is 1. The van der Waals surface area contributed by atoms with Gasteiger partial charge in [0.2, 0.25) is 5.12 Å². The Labute approximate surface area is 162 Å². The molecule has 0 amide bonds. The molecule has 1 atom stereocenters. The van der Waals surface area contributed by atoms with E-state index in [0.29, 0.717) is 10.6 Å². The summed E-state index contributed by atoms with van der Waals surface area (Å²) in [6.07, 6.45) is 0. The summed E-state index contributed by atoms with van der Waals surface area (Å²) in [6.45, 7) is 1.94. The zero-order chi connectivity index (χ0) is 18.4. The molecule has 0 radical (unpaired) electrons. The first-order valence-corrected chi connectivity index (χ1v) is 10.4. The third kappa shape index (κ3) is 4.14. The largest absolute Gasteiger partial charge is 0.292 e. The fraction of sp³-hybridized carbons (Fsp3) is 0.182. The van der Waals surface area contributed by atoms with Gasteiger partial charge in [-0.3, -0.25) is 9.59 Å². The van der Waals surface area contributed by atoms with Crippen LogP contribution in [0.3, 0.4) is 0 Å². The maximum atomic E-state index is 13.3. The quantitative estimate of drug-likeness (QED) is 0.392. The third-order valence-corrected chi connectivity index (χ3v) is 5.95. The van der Waals surface area contributed by atoms with Crippen LogP contribution in [0.25, 0.3) is 0 Å². The van der Waals surface area contributed by atoms with Crippen molar-refractivity contribution in [2.75, 3.05) is 5.75 Å². The van der Waals surface area contributed by atoms with Crippen LogP contribution in [0.15, 0.2) is 78.2 Å². The minimum absolute atomic E-state index is 0.0661. The standard InChI is InChI=1S/C22H20O2S2/c1-2-25-22(24)20(21(23)18-14-9-15-26-18)19(16-10-5-3-6-11-16)17-12-7-4-8-13-17/h3-15,19-20H,2H2,1H3. The van der Waals surface area contributed by atoms with E-state index in [-0.39, 0.29) is 16.8 Å². The van der Waals surface area contributed by atoms with Gasteiger partial charge in [-0.05, 0) is 28.3 Å². The number of benzene rings is 2. The van der Waals surface area contributed by atoms with E-state index in [4.69, 9.17) is 0 Å². The van der Waals surface area contributed by atoms with Crippen molar-refractivity contribution in [2.45, 2.75) is 12.8 Å². The van der Waals surface area contributed by atoms with Crippen molar-refractivity contribution in [3.8, 4) is 0 Å². The van der Waals surface area contributed by atoms with E-state index in [0.717, 1.165) is 11.1 Å². The van der Waals surface area contributed by atoms with Crippen LogP contribution in [0.1, 0.15) is 33.6 Å². The molecule has 0 aliphatic carbocycles. The maximum absolute atomic E-state index is 13.3. The molecule has 2 aromatic carbocycles. The normalized spacial score (nSPS) is 12.1. The molecule has 1 heterocycles. The maximum Gasteiger partial charge on any atom is 0.200 e. The van der Waals surface area contributed by atoms with Gasteiger partial charge in [-0.2, -0.15) is 0 Å². The first-order chi connectivity index (χ1) is 12.7. The van der Waals surface area contributed by atoms with E-state index in [9.17, 15) is 9.59 Å². The molecule has 0 saturated heterocycles. The van der Waals surface area contributed by atoms with Crippen molar-refractivity contribution in [1.82, 2.24) is 0 Å². The van der Waals surface area contributed by atoms with Gasteiger partial charge < -0.3 is 0 Å². The molecule has 0 fully saturated rings. The zero-order valence-corrected chi connectivity index (χ0v) is 16.1. The smallest absolute Gasteiger partial charge is 0.200 e. The van der Waals surface area contributed by atoms with Gasteiger partial charge in [0.05, 0.1) is 4.88 Å². The highest BCUT2D eigenvalue weighted by molar-refractivity contribution is 8.13. The van der Waals surface area contributed by atoms with Gasteiger partial charge in [0.1, 0.15) is 5.92 Å². The molecule has 0 saturated carbocycles. The Kier molecular flexibility index (Phi) is 6.42. The predicted octanol–water partition coefficient (Wildman–Crippen LogP) is 5.66. The third-order valence-electron chi connectivity index (χ3n) is 4.24. The highest BCUT2D eigenvalue weighted by atomic mass is 32.2. The molecule has 1 unspecified atom stereocenters. The second-order valence-corrected chi connectivity index (χ2v) is 8.09. The first-order valence-electron chi connectivity index (χ1n) is 8.56. The lowest BCUT2D eigenvalue weighted by molar-refractivity contribution is -0.113. The summed E-state index contributed by atoms with van der Waals surface area (Å²) in [7, 11) is 0. The summed E-state index contributed by atoms with van der Waals surface area (Å²) >= 11 is 2.62. The van der Waals surface area contributed by atoms with Crippen LogP contribution in [0, 0.1) is 5.92 Å². The van der Waals surface area contributed by atoms with Crippen molar-refractivity contribution in [3.05, 3.63) is 94.2 Å². The summed E-state index contributed by atoms with van der Waals surface area (Å²) in [5.41, 5.74) is 1.97. The molecular weight excluding hydrogens is 360 g/mol. The van der Waals surface area contributed by atoms with Crippen LogP contribution in [-0.4, -0.2) is 16.7 Å². The molecule has 0 spiro atoms. The van der Waals surface area contributed by atoms with E-state index >= 15 is 0 Å². The highest BCUT2D eigenvalue weighted by Crippen LogP contribution is 2.37. The molecule has 2 nitrogen and oxygen atoms in total. The van der Waals surface area contributed by atoms with Gasteiger partial charge >= 0.3 is 0 Å². The Morgan fingerprint density at radius 1 is 0.885 bits per heavy atom. The predicted molar refractivity (Wildman–Crippen MR) is 110 cm³/mol. The summed E-state index contributed by atoms with van der Waals surface area (Å²) in [5, 5.41) is 1.81.